The van der Waals surface area contributed by atoms with Crippen LogP contribution in [0, 0.1) is 23.1 Å². The zero-order chi connectivity index (χ0) is 29.9. The van der Waals surface area contributed by atoms with Gasteiger partial charge in [-0.3, -0.25) is 9.59 Å². The van der Waals surface area contributed by atoms with Crippen molar-refractivity contribution >= 4 is 23.7 Å². The lowest BCUT2D eigenvalue weighted by atomic mass is 9.96. The summed E-state index contributed by atoms with van der Waals surface area (Å²) in [5.41, 5.74) is 0.0559. The van der Waals surface area contributed by atoms with Gasteiger partial charge in [0.05, 0.1) is 29.0 Å². The molecule has 0 radical (unpaired) electrons. The van der Waals surface area contributed by atoms with Gasteiger partial charge in [0.2, 0.25) is 6.41 Å². The van der Waals surface area contributed by atoms with Gasteiger partial charge < -0.3 is 16.0 Å². The quantitative estimate of drug-likeness (QED) is 0.163. The summed E-state index contributed by atoms with van der Waals surface area (Å²) in [6, 6.07) is 19.0. The largest absolute Gasteiger partial charge is 0.435 e. The highest BCUT2D eigenvalue weighted by molar-refractivity contribution is 6.03. The van der Waals surface area contributed by atoms with Crippen molar-refractivity contribution in [2.24, 2.45) is 5.92 Å². The van der Waals surface area contributed by atoms with Gasteiger partial charge in [0.1, 0.15) is 11.5 Å². The predicted octanol–water partition coefficient (Wildman–Crippen LogP) is 5.81. The molecule has 1 aromatic heterocycles. The number of amides is 2. The topological polar surface area (TPSA) is 112 Å². The second-order valence-corrected chi connectivity index (χ2v) is 9.85. The fraction of sp³-hybridized carbons (Fsp3) is 0.200. The molecule has 1 unspecified atom stereocenters. The maximum atomic E-state index is 15.0. The third-order valence-corrected chi connectivity index (χ3v) is 6.78. The van der Waals surface area contributed by atoms with Crippen molar-refractivity contribution in [2.75, 3.05) is 17.2 Å². The highest BCUT2D eigenvalue weighted by atomic mass is 19.4. The number of benzene rings is 3. The van der Waals surface area contributed by atoms with E-state index in [1.54, 1.807) is 24.3 Å². The van der Waals surface area contributed by atoms with E-state index in [1.165, 1.54) is 30.3 Å². The molecule has 1 saturated carbocycles. The van der Waals surface area contributed by atoms with Crippen LogP contribution >= 0.6 is 0 Å². The smallest absolute Gasteiger partial charge is 0.329 e. The minimum atomic E-state index is -4.86. The molecule has 1 aliphatic carbocycles. The van der Waals surface area contributed by atoms with Gasteiger partial charge in [-0.2, -0.15) is 23.5 Å². The zero-order valence-electron chi connectivity index (χ0n) is 22.0. The molecule has 1 aliphatic rings. The first-order valence-corrected chi connectivity index (χ1v) is 13.0. The third-order valence-electron chi connectivity index (χ3n) is 6.78. The first kappa shape index (κ1) is 28.5. The van der Waals surface area contributed by atoms with Crippen LogP contribution in [0.5, 0.6) is 0 Å². The van der Waals surface area contributed by atoms with Crippen molar-refractivity contribution in [1.29, 1.82) is 5.26 Å². The summed E-state index contributed by atoms with van der Waals surface area (Å²) in [6.07, 6.45) is -2.28. The van der Waals surface area contributed by atoms with E-state index in [4.69, 9.17) is 0 Å². The molecule has 12 heteroatoms. The highest BCUT2D eigenvalue weighted by Gasteiger charge is 2.36. The maximum absolute atomic E-state index is 15.0. The molecule has 8 nitrogen and oxygen atoms in total. The van der Waals surface area contributed by atoms with Crippen molar-refractivity contribution in [3.8, 4) is 11.8 Å². The number of anilines is 2. The Hall–Kier alpha value is -5.02. The molecule has 0 saturated heterocycles. The molecule has 0 aliphatic heterocycles. The standard InChI is InChI=1S/C30H24F4N6O2/c31-24-10-9-21(28(36-16-18-7-8-18)20-4-1-3-19(11-20)15-35)12-25(24)38-29(42)26-14-27(30(32,33)34)39-40(26)23-6-2-5-22(13-23)37-17-41/h1-6,9-14,17-18,28,36H,7-8,16H2,(H,37,41)(H,38,42). The Balaban J connectivity index is 1.49. The molecule has 3 N–H and O–H groups in total. The van der Waals surface area contributed by atoms with E-state index >= 15 is 0 Å². The van der Waals surface area contributed by atoms with Crippen molar-refractivity contribution in [2.45, 2.75) is 25.1 Å². The number of nitriles is 1. The van der Waals surface area contributed by atoms with Crippen molar-refractivity contribution in [3.63, 3.8) is 0 Å². The first-order valence-electron chi connectivity index (χ1n) is 13.0. The summed E-state index contributed by atoms with van der Waals surface area (Å²) in [6.45, 7) is 0.692. The lowest BCUT2D eigenvalue weighted by Gasteiger charge is -2.21. The van der Waals surface area contributed by atoms with Gasteiger partial charge in [-0.1, -0.05) is 24.3 Å². The van der Waals surface area contributed by atoms with Crippen LogP contribution in [0.25, 0.3) is 5.69 Å². The molecule has 1 fully saturated rings. The second kappa shape index (κ2) is 11.8. The Bertz CT molecular complexity index is 1670. The van der Waals surface area contributed by atoms with E-state index in [-0.39, 0.29) is 17.1 Å². The molecule has 42 heavy (non-hydrogen) atoms. The second-order valence-electron chi connectivity index (χ2n) is 9.85. The van der Waals surface area contributed by atoms with Gasteiger partial charge in [-0.15, -0.1) is 0 Å². The molecular weight excluding hydrogens is 552 g/mol. The summed E-state index contributed by atoms with van der Waals surface area (Å²) in [4.78, 5) is 24.2. The Labute approximate surface area is 238 Å². The molecule has 214 valence electrons. The van der Waals surface area contributed by atoms with Gasteiger partial charge in [0, 0.05) is 11.8 Å². The van der Waals surface area contributed by atoms with Crippen LogP contribution < -0.4 is 16.0 Å². The monoisotopic (exact) mass is 576 g/mol. The molecule has 0 spiro atoms. The van der Waals surface area contributed by atoms with Crippen LogP contribution in [0.4, 0.5) is 28.9 Å². The maximum Gasteiger partial charge on any atom is 0.435 e. The fourth-order valence-electron chi connectivity index (χ4n) is 4.50. The number of rotatable bonds is 10. The number of carbonyl (C=O) groups is 2. The van der Waals surface area contributed by atoms with E-state index in [2.05, 4.69) is 27.1 Å². The molecule has 3 aromatic carbocycles. The average Bonchev–Trinajstić information content (AvgIpc) is 3.68. The molecule has 1 heterocycles. The van der Waals surface area contributed by atoms with Crippen molar-refractivity contribution < 1.29 is 27.2 Å². The van der Waals surface area contributed by atoms with Crippen LogP contribution in [0.2, 0.25) is 0 Å². The van der Waals surface area contributed by atoms with Gasteiger partial charge in [0.25, 0.3) is 5.91 Å². The van der Waals surface area contributed by atoms with Gasteiger partial charge in [-0.25, -0.2) is 9.07 Å². The molecule has 2 amide bonds. The minimum Gasteiger partial charge on any atom is -0.329 e. The first-order chi connectivity index (χ1) is 20.2. The van der Waals surface area contributed by atoms with Crippen LogP contribution in [0.3, 0.4) is 0 Å². The van der Waals surface area contributed by atoms with E-state index in [9.17, 15) is 32.4 Å². The number of aromatic nitrogens is 2. The van der Waals surface area contributed by atoms with Crippen LogP contribution in [0.15, 0.2) is 72.8 Å². The molecule has 5 rings (SSSR count). The number of halogens is 4. The van der Waals surface area contributed by atoms with E-state index in [1.807, 2.05) is 6.07 Å². The minimum absolute atomic E-state index is 0.0680. The van der Waals surface area contributed by atoms with Crippen LogP contribution in [-0.4, -0.2) is 28.6 Å². The van der Waals surface area contributed by atoms with E-state index in [0.29, 0.717) is 36.1 Å². The highest BCUT2D eigenvalue weighted by Crippen LogP contribution is 2.33. The molecule has 1 atom stereocenters. The number of carbonyl (C=O) groups excluding carboxylic acids is 2. The summed E-state index contributed by atoms with van der Waals surface area (Å²) in [7, 11) is 0. The summed E-state index contributed by atoms with van der Waals surface area (Å²) < 4.78 is 56.5. The Morgan fingerprint density at radius 1 is 1.07 bits per heavy atom. The average molecular weight is 577 g/mol. The fourth-order valence-corrected chi connectivity index (χ4v) is 4.50. The van der Waals surface area contributed by atoms with Gasteiger partial charge in [0.15, 0.2) is 5.69 Å². The van der Waals surface area contributed by atoms with Gasteiger partial charge >= 0.3 is 6.18 Å². The van der Waals surface area contributed by atoms with Crippen LogP contribution in [-0.2, 0) is 11.0 Å². The number of hydrogen-bond acceptors (Lipinski definition) is 5. The Morgan fingerprint density at radius 2 is 1.83 bits per heavy atom. The molecule has 4 aromatic rings. The van der Waals surface area contributed by atoms with Gasteiger partial charge in [-0.05, 0) is 78.9 Å². The number of alkyl halides is 3. The van der Waals surface area contributed by atoms with Crippen LogP contribution in [0.1, 0.15) is 51.8 Å². The summed E-state index contributed by atoms with van der Waals surface area (Å²) >= 11 is 0. The number of nitrogens with one attached hydrogen (secondary N) is 3. The lowest BCUT2D eigenvalue weighted by molar-refractivity contribution is -0.141. The zero-order valence-corrected chi connectivity index (χ0v) is 22.0. The van der Waals surface area contributed by atoms with Crippen molar-refractivity contribution in [1.82, 2.24) is 15.1 Å². The summed E-state index contributed by atoms with van der Waals surface area (Å²) in [5.74, 6) is -1.32. The number of hydrogen-bond donors (Lipinski definition) is 3. The van der Waals surface area contributed by atoms with E-state index in [0.717, 1.165) is 29.2 Å². The third kappa shape index (κ3) is 6.47. The van der Waals surface area contributed by atoms with Crippen molar-refractivity contribution in [3.05, 3.63) is 107 Å². The predicted molar refractivity (Wildman–Crippen MR) is 146 cm³/mol. The Morgan fingerprint density at radius 3 is 2.55 bits per heavy atom. The summed E-state index contributed by atoms with van der Waals surface area (Å²) in [5, 5.41) is 21.2. The SMILES string of the molecule is N#Cc1cccc(C(NCC2CC2)c2ccc(F)c(NC(=O)c3cc(C(F)(F)F)nn3-c3cccc(NC=O)c3)c2)c1. The molecular formula is C30H24F4N6O2. The lowest BCUT2D eigenvalue weighted by Crippen LogP contribution is -2.25. The number of nitrogens with zero attached hydrogens (tertiary/aromatic N) is 3. The normalized spacial score (nSPS) is 13.7. The molecule has 0 bridgehead atoms. The van der Waals surface area contributed by atoms with E-state index < -0.39 is 35.3 Å². The Kier molecular flexibility index (Phi) is 8.04.